The number of para-hydroxylation sites is 1. The molecular weight excluding hydrogens is 508 g/mol. The summed E-state index contributed by atoms with van der Waals surface area (Å²) in [6, 6.07) is 27.2. The molecule has 0 unspecified atom stereocenters. The summed E-state index contributed by atoms with van der Waals surface area (Å²) in [6.07, 6.45) is 3.69. The summed E-state index contributed by atoms with van der Waals surface area (Å²) in [5.41, 5.74) is 8.08. The van der Waals surface area contributed by atoms with Crippen LogP contribution in [0.3, 0.4) is 0 Å². The van der Waals surface area contributed by atoms with Gasteiger partial charge in [0.25, 0.3) is 0 Å². The van der Waals surface area contributed by atoms with E-state index in [2.05, 4.69) is 97.3 Å². The molecule has 0 aliphatic carbocycles. The fourth-order valence-electron chi connectivity index (χ4n) is 4.84. The molecule has 41 heavy (non-hydrogen) atoms. The maximum Gasteiger partial charge on any atom is 0.121 e. The van der Waals surface area contributed by atoms with E-state index in [1.54, 1.807) is 0 Å². The Kier molecular flexibility index (Phi) is 10.6. The van der Waals surface area contributed by atoms with Crippen molar-refractivity contribution in [1.82, 2.24) is 40.8 Å². The highest BCUT2D eigenvalue weighted by molar-refractivity contribution is 5.78. The number of nitrogens with one attached hydrogen (secondary N) is 4. The summed E-state index contributed by atoms with van der Waals surface area (Å²) in [5, 5.41) is 10.6. The molecule has 8 nitrogen and oxygen atoms in total. The zero-order chi connectivity index (χ0) is 28.1. The Morgan fingerprint density at radius 3 is 1.93 bits per heavy atom. The van der Waals surface area contributed by atoms with Crippen molar-refractivity contribution in [2.45, 2.75) is 39.6 Å². The van der Waals surface area contributed by atoms with Gasteiger partial charge in [-0.25, -0.2) is 4.98 Å². The molecule has 0 bridgehead atoms. The minimum absolute atomic E-state index is 0.709. The molecule has 0 amide bonds. The van der Waals surface area contributed by atoms with Crippen LogP contribution in [0.25, 0.3) is 11.0 Å². The topological polar surface area (TPSA) is 93.8 Å². The SMILES string of the molecule is Cc1cccc2nc(CNCc3ccc(CN(CCNCc4ccccn4)CCNCc4ccccn4)cc3)[nH]c12. The maximum absolute atomic E-state index is 4.71. The van der Waals surface area contributed by atoms with E-state index in [-0.39, 0.29) is 0 Å². The van der Waals surface area contributed by atoms with Crippen LogP contribution >= 0.6 is 0 Å². The molecule has 0 aliphatic rings. The van der Waals surface area contributed by atoms with E-state index in [0.717, 1.165) is 80.6 Å². The highest BCUT2D eigenvalue weighted by Crippen LogP contribution is 2.15. The highest BCUT2D eigenvalue weighted by atomic mass is 15.2. The Balaban J connectivity index is 1.09. The van der Waals surface area contributed by atoms with E-state index in [1.165, 1.54) is 16.7 Å². The Morgan fingerprint density at radius 1 is 0.659 bits per heavy atom. The van der Waals surface area contributed by atoms with Gasteiger partial charge in [0.2, 0.25) is 0 Å². The molecule has 4 N–H and O–H groups in total. The number of nitrogens with zero attached hydrogens (tertiary/aromatic N) is 4. The Morgan fingerprint density at radius 2 is 1.32 bits per heavy atom. The normalized spacial score (nSPS) is 11.5. The van der Waals surface area contributed by atoms with Gasteiger partial charge in [0.15, 0.2) is 0 Å². The first kappa shape index (κ1) is 28.6. The molecule has 212 valence electrons. The smallest absolute Gasteiger partial charge is 0.121 e. The molecule has 0 atom stereocenters. The van der Waals surface area contributed by atoms with E-state index in [0.29, 0.717) is 6.54 Å². The molecule has 2 aromatic carbocycles. The molecule has 8 heteroatoms. The van der Waals surface area contributed by atoms with E-state index in [4.69, 9.17) is 4.98 Å². The first-order valence-corrected chi connectivity index (χ1v) is 14.4. The van der Waals surface area contributed by atoms with Crippen LogP contribution < -0.4 is 16.0 Å². The van der Waals surface area contributed by atoms with Gasteiger partial charge in [-0.05, 0) is 53.9 Å². The average Bonchev–Trinajstić information content (AvgIpc) is 3.43. The molecule has 0 radical (unpaired) electrons. The molecule has 0 saturated heterocycles. The van der Waals surface area contributed by atoms with Gasteiger partial charge in [-0.1, -0.05) is 48.5 Å². The van der Waals surface area contributed by atoms with Gasteiger partial charge in [-0.3, -0.25) is 14.9 Å². The van der Waals surface area contributed by atoms with Gasteiger partial charge in [-0.15, -0.1) is 0 Å². The number of aromatic nitrogens is 4. The van der Waals surface area contributed by atoms with Gasteiger partial charge < -0.3 is 20.9 Å². The molecule has 0 spiro atoms. The average molecular weight is 549 g/mol. The number of H-pyrrole nitrogens is 1. The van der Waals surface area contributed by atoms with Gasteiger partial charge in [0.1, 0.15) is 5.82 Å². The van der Waals surface area contributed by atoms with E-state index >= 15 is 0 Å². The number of pyridine rings is 2. The molecule has 3 heterocycles. The number of aromatic amines is 1. The number of benzene rings is 2. The number of hydrogen-bond acceptors (Lipinski definition) is 7. The van der Waals surface area contributed by atoms with Crippen molar-refractivity contribution in [3.63, 3.8) is 0 Å². The number of rotatable bonds is 16. The third kappa shape index (κ3) is 9.03. The lowest BCUT2D eigenvalue weighted by Crippen LogP contribution is -2.36. The Bertz CT molecular complexity index is 1400. The zero-order valence-corrected chi connectivity index (χ0v) is 23.8. The standard InChI is InChI=1S/C33H40N8/c1-26-7-6-10-31-33(26)40-32(39-31)24-36-21-27-11-13-28(14-12-27)25-41(19-17-34-22-29-8-2-4-15-37-29)20-18-35-23-30-9-3-5-16-38-30/h2-16,34-36H,17-25H2,1H3,(H,39,40). The number of hydrogen-bond donors (Lipinski definition) is 4. The number of imidazole rings is 1. The van der Waals surface area contributed by atoms with Crippen molar-refractivity contribution < 1.29 is 0 Å². The number of aryl methyl sites for hydroxylation is 1. The molecule has 0 aliphatic heterocycles. The monoisotopic (exact) mass is 548 g/mol. The predicted molar refractivity (Wildman–Crippen MR) is 165 cm³/mol. The van der Waals surface area contributed by atoms with Crippen LogP contribution in [0.2, 0.25) is 0 Å². The lowest BCUT2D eigenvalue weighted by Gasteiger charge is -2.23. The lowest BCUT2D eigenvalue weighted by molar-refractivity contribution is 0.263. The molecule has 3 aromatic heterocycles. The predicted octanol–water partition coefficient (Wildman–Crippen LogP) is 4.33. The van der Waals surface area contributed by atoms with E-state index in [9.17, 15) is 0 Å². The van der Waals surface area contributed by atoms with Crippen molar-refractivity contribution in [3.05, 3.63) is 125 Å². The minimum Gasteiger partial charge on any atom is -0.341 e. The lowest BCUT2D eigenvalue weighted by atomic mass is 10.1. The van der Waals surface area contributed by atoms with Crippen molar-refractivity contribution in [2.75, 3.05) is 26.2 Å². The molecule has 5 aromatic rings. The van der Waals surface area contributed by atoms with Crippen molar-refractivity contribution >= 4 is 11.0 Å². The van der Waals surface area contributed by atoms with Crippen LogP contribution in [0.1, 0.15) is 33.9 Å². The first-order chi connectivity index (χ1) is 20.2. The summed E-state index contributed by atoms with van der Waals surface area (Å²) >= 11 is 0. The molecule has 0 fully saturated rings. The maximum atomic E-state index is 4.71. The van der Waals surface area contributed by atoms with Crippen LogP contribution in [0.5, 0.6) is 0 Å². The Labute approximate surface area is 242 Å². The third-order valence-corrected chi connectivity index (χ3v) is 7.10. The quantitative estimate of drug-likeness (QED) is 0.136. The zero-order valence-electron chi connectivity index (χ0n) is 23.8. The van der Waals surface area contributed by atoms with Gasteiger partial charge in [0.05, 0.1) is 29.0 Å². The van der Waals surface area contributed by atoms with Gasteiger partial charge >= 0.3 is 0 Å². The van der Waals surface area contributed by atoms with Crippen molar-refractivity contribution in [3.8, 4) is 0 Å². The minimum atomic E-state index is 0.709. The Hall–Kier alpha value is -3.95. The van der Waals surface area contributed by atoms with E-state index < -0.39 is 0 Å². The fourth-order valence-corrected chi connectivity index (χ4v) is 4.84. The number of fused-ring (bicyclic) bond motifs is 1. The summed E-state index contributed by atoms with van der Waals surface area (Å²) in [6.45, 7) is 9.80. The van der Waals surface area contributed by atoms with Gasteiger partial charge in [-0.2, -0.15) is 0 Å². The summed E-state index contributed by atoms with van der Waals surface area (Å²) in [7, 11) is 0. The second-order valence-electron chi connectivity index (χ2n) is 10.3. The summed E-state index contributed by atoms with van der Waals surface area (Å²) in [5.74, 6) is 0.967. The molecule has 0 saturated carbocycles. The van der Waals surface area contributed by atoms with Crippen LogP contribution in [-0.4, -0.2) is 51.0 Å². The van der Waals surface area contributed by atoms with Gasteiger partial charge in [0, 0.05) is 64.8 Å². The van der Waals surface area contributed by atoms with Crippen LogP contribution in [0.15, 0.2) is 91.3 Å². The van der Waals surface area contributed by atoms with Crippen LogP contribution in [-0.2, 0) is 32.7 Å². The first-order valence-electron chi connectivity index (χ1n) is 14.4. The van der Waals surface area contributed by atoms with E-state index in [1.807, 2.05) is 36.7 Å². The van der Waals surface area contributed by atoms with Crippen molar-refractivity contribution in [2.24, 2.45) is 0 Å². The van der Waals surface area contributed by atoms with Crippen LogP contribution in [0, 0.1) is 6.92 Å². The summed E-state index contributed by atoms with van der Waals surface area (Å²) in [4.78, 5) is 19.5. The molecular formula is C33H40N8. The molecule has 5 rings (SSSR count). The fraction of sp³-hybridized carbons (Fsp3) is 0.303. The largest absolute Gasteiger partial charge is 0.341 e. The van der Waals surface area contributed by atoms with Crippen LogP contribution in [0.4, 0.5) is 0 Å². The second-order valence-corrected chi connectivity index (χ2v) is 10.3. The van der Waals surface area contributed by atoms with Crippen molar-refractivity contribution in [1.29, 1.82) is 0 Å². The summed E-state index contributed by atoms with van der Waals surface area (Å²) < 4.78 is 0. The highest BCUT2D eigenvalue weighted by Gasteiger charge is 2.08. The third-order valence-electron chi connectivity index (χ3n) is 7.10. The second kappa shape index (κ2) is 15.2.